The molecule has 0 atom stereocenters. The Morgan fingerprint density at radius 3 is 2.40 bits per heavy atom. The molecule has 0 aliphatic rings. The summed E-state index contributed by atoms with van der Waals surface area (Å²) in [5, 5.41) is 24.5. The van der Waals surface area contributed by atoms with E-state index in [1.54, 1.807) is 12.1 Å². The van der Waals surface area contributed by atoms with Crippen LogP contribution in [0.2, 0.25) is 10.0 Å². The summed E-state index contributed by atoms with van der Waals surface area (Å²) >= 11 is 11.9. The molecule has 25 heavy (non-hydrogen) atoms. The molecular formula is C15H9Cl2N5O3. The van der Waals surface area contributed by atoms with Crippen LogP contribution in [0.5, 0.6) is 0 Å². The lowest BCUT2D eigenvalue weighted by Crippen LogP contribution is -1.96. The first kappa shape index (κ1) is 16.9. The second-order valence-electron chi connectivity index (χ2n) is 4.90. The van der Waals surface area contributed by atoms with Crippen LogP contribution in [-0.2, 0) is 0 Å². The summed E-state index contributed by atoms with van der Waals surface area (Å²) in [4.78, 5) is 22.2. The summed E-state index contributed by atoms with van der Waals surface area (Å²) in [6, 6.07) is 10.3. The fourth-order valence-corrected chi connectivity index (χ4v) is 2.39. The number of H-pyrrole nitrogens is 2. The van der Waals surface area contributed by atoms with Crippen LogP contribution in [0.3, 0.4) is 0 Å². The molecule has 0 spiro atoms. The molecule has 1 heterocycles. The van der Waals surface area contributed by atoms with Crippen LogP contribution in [0.25, 0.3) is 11.3 Å². The molecule has 126 valence electrons. The van der Waals surface area contributed by atoms with Gasteiger partial charge < -0.3 is 0 Å². The molecule has 2 N–H and O–H groups in total. The Bertz CT molecular complexity index is 1020. The van der Waals surface area contributed by atoms with Crippen LogP contribution in [0.4, 0.5) is 17.1 Å². The number of aromatic nitrogens is 2. The Morgan fingerprint density at radius 2 is 1.72 bits per heavy atom. The highest BCUT2D eigenvalue weighted by Gasteiger charge is 2.13. The molecule has 0 unspecified atom stereocenters. The number of hydrogen-bond donors (Lipinski definition) is 2. The minimum atomic E-state index is -0.509. The van der Waals surface area contributed by atoms with Gasteiger partial charge in [-0.15, -0.1) is 10.2 Å². The smallest absolute Gasteiger partial charge is 0.292 e. The third kappa shape index (κ3) is 3.59. The van der Waals surface area contributed by atoms with E-state index in [1.807, 2.05) is 0 Å². The van der Waals surface area contributed by atoms with Gasteiger partial charge in [-0.2, -0.15) is 0 Å². The predicted molar refractivity (Wildman–Crippen MR) is 94.1 cm³/mol. The molecule has 0 aliphatic carbocycles. The van der Waals surface area contributed by atoms with Gasteiger partial charge in [0, 0.05) is 22.7 Å². The fourth-order valence-electron chi connectivity index (χ4n) is 2.07. The van der Waals surface area contributed by atoms with Crippen molar-refractivity contribution in [3.05, 3.63) is 73.0 Å². The molecule has 0 aliphatic heterocycles. The number of rotatable bonds is 4. The van der Waals surface area contributed by atoms with Crippen molar-refractivity contribution in [1.29, 1.82) is 0 Å². The van der Waals surface area contributed by atoms with Crippen LogP contribution >= 0.6 is 23.2 Å². The SMILES string of the molecule is O=c1[nH][nH]c(-c2ccc([N+](=O)[O-])cc2)c1N=Nc1cc(Cl)ccc1Cl. The van der Waals surface area contributed by atoms with Crippen molar-refractivity contribution in [2.75, 3.05) is 0 Å². The number of nitro benzene ring substituents is 1. The molecule has 10 heteroatoms. The van der Waals surface area contributed by atoms with Gasteiger partial charge in [-0.05, 0) is 30.3 Å². The van der Waals surface area contributed by atoms with Gasteiger partial charge in [-0.1, -0.05) is 23.2 Å². The van der Waals surface area contributed by atoms with Gasteiger partial charge in [0.25, 0.3) is 11.2 Å². The Labute approximate surface area is 150 Å². The van der Waals surface area contributed by atoms with E-state index in [4.69, 9.17) is 23.2 Å². The minimum absolute atomic E-state index is 0.0184. The van der Waals surface area contributed by atoms with E-state index in [2.05, 4.69) is 20.4 Å². The maximum absolute atomic E-state index is 12.0. The number of nitrogens with one attached hydrogen (secondary N) is 2. The molecule has 3 rings (SSSR count). The van der Waals surface area contributed by atoms with Crippen molar-refractivity contribution in [2.24, 2.45) is 10.2 Å². The highest BCUT2D eigenvalue weighted by molar-refractivity contribution is 6.35. The number of hydrogen-bond acceptors (Lipinski definition) is 5. The molecule has 0 saturated carbocycles. The van der Waals surface area contributed by atoms with Crippen LogP contribution in [0.15, 0.2) is 57.5 Å². The van der Waals surface area contributed by atoms with Gasteiger partial charge in [0.15, 0.2) is 5.69 Å². The quantitative estimate of drug-likeness (QED) is 0.378. The minimum Gasteiger partial charge on any atom is -0.295 e. The van der Waals surface area contributed by atoms with Gasteiger partial charge in [-0.3, -0.25) is 25.1 Å². The molecular weight excluding hydrogens is 369 g/mol. The number of halogens is 2. The van der Waals surface area contributed by atoms with Crippen LogP contribution in [0.1, 0.15) is 0 Å². The zero-order chi connectivity index (χ0) is 18.0. The van der Waals surface area contributed by atoms with Gasteiger partial charge >= 0.3 is 0 Å². The van der Waals surface area contributed by atoms with E-state index < -0.39 is 10.5 Å². The molecule has 3 aromatic rings. The lowest BCUT2D eigenvalue weighted by Gasteiger charge is -1.99. The van der Waals surface area contributed by atoms with Crippen LogP contribution in [0, 0.1) is 10.1 Å². The summed E-state index contributed by atoms with van der Waals surface area (Å²) in [5.74, 6) is 0. The maximum Gasteiger partial charge on any atom is 0.292 e. The first-order valence-electron chi connectivity index (χ1n) is 6.88. The Kier molecular flexibility index (Phi) is 4.64. The number of nitrogens with zero attached hydrogens (tertiary/aromatic N) is 3. The summed E-state index contributed by atoms with van der Waals surface area (Å²) in [6.45, 7) is 0. The van der Waals surface area contributed by atoms with Crippen molar-refractivity contribution >= 4 is 40.3 Å². The monoisotopic (exact) mass is 377 g/mol. The summed E-state index contributed by atoms with van der Waals surface area (Å²) < 4.78 is 0. The number of azo groups is 1. The normalized spacial score (nSPS) is 11.1. The van der Waals surface area contributed by atoms with E-state index in [0.717, 1.165) is 0 Å². The van der Waals surface area contributed by atoms with Crippen LogP contribution in [-0.4, -0.2) is 15.1 Å². The molecule has 2 aromatic carbocycles. The molecule has 0 fully saturated rings. The topological polar surface area (TPSA) is 117 Å². The average molecular weight is 378 g/mol. The van der Waals surface area contributed by atoms with E-state index >= 15 is 0 Å². The molecule has 0 bridgehead atoms. The molecule has 8 nitrogen and oxygen atoms in total. The molecule has 0 amide bonds. The highest BCUT2D eigenvalue weighted by atomic mass is 35.5. The number of aromatic amines is 2. The van der Waals surface area contributed by atoms with Crippen molar-refractivity contribution in [1.82, 2.24) is 10.2 Å². The van der Waals surface area contributed by atoms with Gasteiger partial charge in [-0.25, -0.2) is 0 Å². The third-order valence-corrected chi connectivity index (χ3v) is 3.84. The van der Waals surface area contributed by atoms with E-state index in [0.29, 0.717) is 27.0 Å². The van der Waals surface area contributed by atoms with Crippen molar-refractivity contribution in [3.63, 3.8) is 0 Å². The lowest BCUT2D eigenvalue weighted by molar-refractivity contribution is -0.384. The standard InChI is InChI=1S/C15H9Cl2N5O3/c16-9-3-6-11(17)12(7-9)18-20-14-13(19-21-15(14)23)8-1-4-10(5-2-8)22(24)25/h1-7H,(H2,19,21,23). The Morgan fingerprint density at radius 1 is 1.00 bits per heavy atom. The Balaban J connectivity index is 1.99. The maximum atomic E-state index is 12.0. The summed E-state index contributed by atoms with van der Waals surface area (Å²) in [5.41, 5.74) is 0.664. The molecule has 1 aromatic heterocycles. The highest BCUT2D eigenvalue weighted by Crippen LogP contribution is 2.31. The second-order valence-corrected chi connectivity index (χ2v) is 5.75. The van der Waals surface area contributed by atoms with Crippen molar-refractivity contribution in [3.8, 4) is 11.3 Å². The second kappa shape index (κ2) is 6.88. The van der Waals surface area contributed by atoms with Crippen molar-refractivity contribution in [2.45, 2.75) is 0 Å². The first-order valence-corrected chi connectivity index (χ1v) is 7.63. The number of non-ortho nitro benzene ring substituents is 1. The largest absolute Gasteiger partial charge is 0.295 e. The van der Waals surface area contributed by atoms with E-state index in [-0.39, 0.29) is 11.4 Å². The fraction of sp³-hybridized carbons (Fsp3) is 0. The Hall–Kier alpha value is -2.97. The van der Waals surface area contributed by atoms with E-state index in [1.165, 1.54) is 30.3 Å². The van der Waals surface area contributed by atoms with Gasteiger partial charge in [0.2, 0.25) is 0 Å². The molecule has 0 radical (unpaired) electrons. The lowest BCUT2D eigenvalue weighted by atomic mass is 10.1. The van der Waals surface area contributed by atoms with E-state index in [9.17, 15) is 14.9 Å². The predicted octanol–water partition coefficient (Wildman–Crippen LogP) is 5.00. The first-order chi connectivity index (χ1) is 12.0. The van der Waals surface area contributed by atoms with Gasteiger partial charge in [0.05, 0.1) is 15.6 Å². The summed E-state index contributed by atoms with van der Waals surface area (Å²) in [6.07, 6.45) is 0. The van der Waals surface area contributed by atoms with Crippen LogP contribution < -0.4 is 5.56 Å². The molecule has 0 saturated heterocycles. The van der Waals surface area contributed by atoms with Crippen molar-refractivity contribution < 1.29 is 4.92 Å². The number of benzene rings is 2. The summed E-state index contributed by atoms with van der Waals surface area (Å²) in [7, 11) is 0. The third-order valence-electron chi connectivity index (χ3n) is 3.29. The zero-order valence-electron chi connectivity index (χ0n) is 12.4. The van der Waals surface area contributed by atoms with Gasteiger partial charge in [0.1, 0.15) is 5.69 Å². The number of nitro groups is 1. The zero-order valence-corrected chi connectivity index (χ0v) is 13.9. The average Bonchev–Trinajstić information content (AvgIpc) is 2.96.